The first-order chi connectivity index (χ1) is 27.3. The molecule has 0 bridgehead atoms. The number of ether oxygens (including phenoxy) is 1. The molecule has 2 heterocycles. The van der Waals surface area contributed by atoms with Gasteiger partial charge in [0.05, 0.1) is 5.41 Å². The third-order valence-corrected chi connectivity index (χ3v) is 13.1. The highest BCUT2D eigenvalue weighted by molar-refractivity contribution is 7.25. The second-order valence-corrected chi connectivity index (χ2v) is 15.8. The van der Waals surface area contributed by atoms with Crippen LogP contribution in [0.2, 0.25) is 0 Å². The number of rotatable bonds is 3. The molecular weight excluding hydrogens is 685 g/mol. The van der Waals surface area contributed by atoms with Gasteiger partial charge in [-0.05, 0) is 66.7 Å². The van der Waals surface area contributed by atoms with Crippen LogP contribution in [0.5, 0.6) is 11.5 Å². The molecule has 256 valence electrons. The lowest BCUT2D eigenvalue weighted by atomic mass is 9.61. The smallest absolute Gasteiger partial charge is 0.140 e. The van der Waals surface area contributed by atoms with Crippen molar-refractivity contribution in [2.45, 2.75) is 5.41 Å². The summed E-state index contributed by atoms with van der Waals surface area (Å²) in [5.41, 5.74) is 6.47. The predicted octanol–water partition coefficient (Wildman–Crippen LogP) is 14.8. The molecule has 0 unspecified atom stereocenters. The van der Waals surface area contributed by atoms with Crippen LogP contribution >= 0.6 is 11.3 Å². The van der Waals surface area contributed by atoms with E-state index in [1.807, 2.05) is 11.3 Å². The molecule has 0 saturated carbocycles. The van der Waals surface area contributed by atoms with Crippen molar-refractivity contribution in [3.8, 4) is 22.6 Å². The van der Waals surface area contributed by atoms with Crippen molar-refractivity contribution in [2.24, 2.45) is 0 Å². The van der Waals surface area contributed by atoms with Crippen LogP contribution in [0.3, 0.4) is 0 Å². The molecular formula is C53H32OS. The molecule has 0 atom stereocenters. The molecule has 1 aliphatic heterocycles. The van der Waals surface area contributed by atoms with Crippen LogP contribution < -0.4 is 4.74 Å². The van der Waals surface area contributed by atoms with Crippen LogP contribution in [0.25, 0.3) is 74.4 Å². The quantitative estimate of drug-likeness (QED) is 0.165. The fraction of sp³-hybridized carbons (Fsp3) is 0.0189. The molecule has 1 aliphatic rings. The Balaban J connectivity index is 1.23. The van der Waals surface area contributed by atoms with Gasteiger partial charge >= 0.3 is 0 Å². The standard InChI is InChI=1S/C53H32OS/c1-2-14-35(15-3-1)53(36-29-26-33(27-30-36)34-28-31-42-41-20-12-13-25-47(41)55-48(42)32-34)49-43-21-8-4-16-37(43)39-18-6-10-23-45(39)51(49)54-52-46-24-11-7-19-40(46)38-17-5-9-22-44(38)50(52)53/h1-32H. The summed E-state index contributed by atoms with van der Waals surface area (Å²) in [5.74, 6) is 1.84. The van der Waals surface area contributed by atoms with Crippen LogP contribution in [0, 0.1) is 0 Å². The summed E-state index contributed by atoms with van der Waals surface area (Å²) in [6, 6.07) is 71.5. The van der Waals surface area contributed by atoms with E-state index in [1.54, 1.807) is 0 Å². The first kappa shape index (κ1) is 30.7. The van der Waals surface area contributed by atoms with E-state index in [0.29, 0.717) is 0 Å². The van der Waals surface area contributed by atoms with Gasteiger partial charge in [-0.15, -0.1) is 11.3 Å². The number of hydrogen-bond acceptors (Lipinski definition) is 2. The Bertz CT molecular complexity index is 3210. The van der Waals surface area contributed by atoms with E-state index in [1.165, 1.54) is 85.9 Å². The van der Waals surface area contributed by atoms with Crippen molar-refractivity contribution in [2.75, 3.05) is 0 Å². The summed E-state index contributed by atoms with van der Waals surface area (Å²) in [7, 11) is 0. The lowest BCUT2D eigenvalue weighted by molar-refractivity contribution is 0.449. The van der Waals surface area contributed by atoms with Gasteiger partial charge in [0.2, 0.25) is 0 Å². The van der Waals surface area contributed by atoms with Crippen LogP contribution in [-0.4, -0.2) is 0 Å². The summed E-state index contributed by atoms with van der Waals surface area (Å²) in [5, 5.41) is 12.1. The lowest BCUT2D eigenvalue weighted by Crippen LogP contribution is -2.35. The SMILES string of the molecule is c1ccc(C2(c3ccc(-c4ccc5c(c4)sc4ccccc45)cc3)c3c(c4ccccc4c4ccccc34)Oc3c2c2ccccc2c2ccccc32)cc1. The Hall–Kier alpha value is -6.74. The molecule has 1 aromatic heterocycles. The number of hydrogen-bond donors (Lipinski definition) is 0. The molecule has 55 heavy (non-hydrogen) atoms. The van der Waals surface area contributed by atoms with Gasteiger partial charge in [0.25, 0.3) is 0 Å². The molecule has 0 fully saturated rings. The van der Waals surface area contributed by atoms with Gasteiger partial charge in [-0.1, -0.05) is 182 Å². The topological polar surface area (TPSA) is 9.23 Å². The summed E-state index contributed by atoms with van der Waals surface area (Å²) in [6.07, 6.45) is 0. The number of benzene rings is 10. The maximum Gasteiger partial charge on any atom is 0.140 e. The number of thiophene rings is 1. The molecule has 0 N–H and O–H groups in total. The summed E-state index contributed by atoms with van der Waals surface area (Å²) in [6.45, 7) is 0. The van der Waals surface area contributed by atoms with Crippen molar-refractivity contribution in [3.63, 3.8) is 0 Å². The zero-order valence-electron chi connectivity index (χ0n) is 29.8. The van der Waals surface area contributed by atoms with E-state index in [9.17, 15) is 0 Å². The zero-order chi connectivity index (χ0) is 36.1. The Kier molecular flexibility index (Phi) is 6.49. The van der Waals surface area contributed by atoms with Crippen molar-refractivity contribution in [1.29, 1.82) is 0 Å². The fourth-order valence-electron chi connectivity index (χ4n) is 9.65. The zero-order valence-corrected chi connectivity index (χ0v) is 30.6. The maximum atomic E-state index is 7.48. The minimum Gasteiger partial charge on any atom is -0.455 e. The molecule has 0 aliphatic carbocycles. The Morgan fingerprint density at radius 2 is 0.727 bits per heavy atom. The molecule has 0 radical (unpaired) electrons. The van der Waals surface area contributed by atoms with Crippen molar-refractivity contribution < 1.29 is 4.74 Å². The Morgan fingerprint density at radius 3 is 1.31 bits per heavy atom. The van der Waals surface area contributed by atoms with Crippen molar-refractivity contribution in [1.82, 2.24) is 0 Å². The third-order valence-electron chi connectivity index (χ3n) is 12.0. The number of fused-ring (bicyclic) bond motifs is 15. The minimum absolute atomic E-state index is 0.731. The van der Waals surface area contributed by atoms with Crippen LogP contribution in [0.1, 0.15) is 22.3 Å². The second kappa shape index (κ2) is 11.6. The largest absolute Gasteiger partial charge is 0.455 e. The maximum absolute atomic E-state index is 7.48. The summed E-state index contributed by atoms with van der Waals surface area (Å²) < 4.78 is 10.1. The van der Waals surface area contributed by atoms with E-state index in [-0.39, 0.29) is 0 Å². The minimum atomic E-state index is -0.731. The highest BCUT2D eigenvalue weighted by Crippen LogP contribution is 2.62. The fourth-order valence-corrected chi connectivity index (χ4v) is 10.8. The first-order valence-electron chi connectivity index (χ1n) is 18.9. The van der Waals surface area contributed by atoms with E-state index in [2.05, 4.69) is 194 Å². The predicted molar refractivity (Wildman–Crippen MR) is 233 cm³/mol. The van der Waals surface area contributed by atoms with Crippen molar-refractivity contribution in [3.05, 3.63) is 216 Å². The van der Waals surface area contributed by atoms with Crippen LogP contribution in [0.15, 0.2) is 194 Å². The first-order valence-corrected chi connectivity index (χ1v) is 19.7. The van der Waals surface area contributed by atoms with Crippen LogP contribution in [0.4, 0.5) is 0 Å². The van der Waals surface area contributed by atoms with Gasteiger partial charge in [0.1, 0.15) is 11.5 Å². The lowest BCUT2D eigenvalue weighted by Gasteiger charge is -2.44. The Labute approximate surface area is 322 Å². The molecule has 0 saturated heterocycles. The molecule has 1 nitrogen and oxygen atoms in total. The highest BCUT2D eigenvalue weighted by atomic mass is 32.1. The molecule has 10 aromatic carbocycles. The average molecular weight is 717 g/mol. The second-order valence-electron chi connectivity index (χ2n) is 14.7. The van der Waals surface area contributed by atoms with Crippen LogP contribution in [-0.2, 0) is 5.41 Å². The monoisotopic (exact) mass is 716 g/mol. The van der Waals surface area contributed by atoms with Gasteiger partial charge in [-0.2, -0.15) is 0 Å². The molecule has 11 aromatic rings. The van der Waals surface area contributed by atoms with E-state index >= 15 is 0 Å². The van der Waals surface area contributed by atoms with E-state index < -0.39 is 5.41 Å². The summed E-state index contributed by atoms with van der Waals surface area (Å²) in [4.78, 5) is 0. The van der Waals surface area contributed by atoms with E-state index in [4.69, 9.17) is 4.74 Å². The van der Waals surface area contributed by atoms with Gasteiger partial charge in [0.15, 0.2) is 0 Å². The van der Waals surface area contributed by atoms with E-state index in [0.717, 1.165) is 22.3 Å². The molecule has 0 amide bonds. The van der Waals surface area contributed by atoms with Gasteiger partial charge in [-0.25, -0.2) is 0 Å². The average Bonchev–Trinajstić information content (AvgIpc) is 3.64. The molecule has 12 rings (SSSR count). The Morgan fingerprint density at radius 1 is 0.309 bits per heavy atom. The highest BCUT2D eigenvalue weighted by Gasteiger charge is 2.49. The van der Waals surface area contributed by atoms with Gasteiger partial charge < -0.3 is 4.74 Å². The normalized spacial score (nSPS) is 13.4. The third kappa shape index (κ3) is 4.23. The molecule has 0 spiro atoms. The van der Waals surface area contributed by atoms with Crippen molar-refractivity contribution >= 4 is 74.6 Å². The summed E-state index contributed by atoms with van der Waals surface area (Å²) >= 11 is 1.87. The molecule has 2 heteroatoms. The van der Waals surface area contributed by atoms with Gasteiger partial charge in [-0.3, -0.25) is 0 Å². The van der Waals surface area contributed by atoms with Gasteiger partial charge in [0, 0.05) is 42.1 Å².